The van der Waals surface area contributed by atoms with Gasteiger partial charge >= 0.3 is 5.97 Å². The summed E-state index contributed by atoms with van der Waals surface area (Å²) in [7, 11) is 0. The van der Waals surface area contributed by atoms with Gasteiger partial charge in [-0.3, -0.25) is 19.2 Å². The summed E-state index contributed by atoms with van der Waals surface area (Å²) in [6, 6.07) is 17.5. The van der Waals surface area contributed by atoms with Crippen LogP contribution >= 0.6 is 23.2 Å². The Kier molecular flexibility index (Phi) is 5.59. The molecule has 3 aromatic rings. The first-order valence-corrected chi connectivity index (χ1v) is 11.1. The minimum Gasteiger partial charge on any atom is -0.426 e. The molecule has 1 saturated heterocycles. The molecule has 34 heavy (non-hydrogen) atoms. The van der Waals surface area contributed by atoms with Crippen molar-refractivity contribution < 1.29 is 23.9 Å². The molecule has 5 rings (SSSR count). The Balaban J connectivity index is 1.27. The van der Waals surface area contributed by atoms with Gasteiger partial charge in [-0.05, 0) is 54.6 Å². The molecule has 3 amide bonds. The molecule has 0 unspecified atom stereocenters. The van der Waals surface area contributed by atoms with Gasteiger partial charge in [0.1, 0.15) is 5.75 Å². The van der Waals surface area contributed by atoms with Gasteiger partial charge in [0.25, 0.3) is 11.8 Å². The van der Waals surface area contributed by atoms with Crippen LogP contribution in [-0.4, -0.2) is 30.2 Å². The van der Waals surface area contributed by atoms with Gasteiger partial charge in [0.05, 0.1) is 33.4 Å². The second-order valence-electron chi connectivity index (χ2n) is 7.91. The number of carbonyl (C=O) groups excluding carboxylic acids is 4. The van der Waals surface area contributed by atoms with E-state index in [-0.39, 0.29) is 24.6 Å². The van der Waals surface area contributed by atoms with Crippen LogP contribution in [0.4, 0.5) is 11.4 Å². The molecule has 1 fully saturated rings. The number of ether oxygens (including phenoxy) is 1. The quantitative estimate of drug-likeness (QED) is 0.296. The molecule has 0 bridgehead atoms. The van der Waals surface area contributed by atoms with E-state index in [2.05, 4.69) is 0 Å². The zero-order chi connectivity index (χ0) is 24.0. The van der Waals surface area contributed by atoms with Crippen LogP contribution in [0.5, 0.6) is 5.75 Å². The zero-order valence-corrected chi connectivity index (χ0v) is 19.0. The second kappa shape index (κ2) is 8.59. The molecule has 2 aliphatic heterocycles. The Morgan fingerprint density at radius 1 is 0.882 bits per heavy atom. The number of anilines is 2. The van der Waals surface area contributed by atoms with Gasteiger partial charge in [-0.25, -0.2) is 4.90 Å². The first-order chi connectivity index (χ1) is 16.3. The van der Waals surface area contributed by atoms with E-state index in [0.717, 1.165) is 4.90 Å². The minimum absolute atomic E-state index is 0.0190. The van der Waals surface area contributed by atoms with Crippen LogP contribution in [0.3, 0.4) is 0 Å². The average Bonchev–Trinajstić information content (AvgIpc) is 3.34. The fraction of sp³-hybridized carbons (Fsp3) is 0.120. The third-order valence-corrected chi connectivity index (χ3v) is 6.32. The van der Waals surface area contributed by atoms with Crippen LogP contribution in [0.2, 0.25) is 10.0 Å². The number of hydrogen-bond donors (Lipinski definition) is 0. The monoisotopic (exact) mass is 494 g/mol. The number of nitrogens with zero attached hydrogens (tertiary/aromatic N) is 2. The van der Waals surface area contributed by atoms with Crippen molar-refractivity contribution in [1.29, 1.82) is 0 Å². The number of carbonyl (C=O) groups is 4. The summed E-state index contributed by atoms with van der Waals surface area (Å²) in [4.78, 5) is 53.0. The topological polar surface area (TPSA) is 84.0 Å². The smallest absolute Gasteiger partial charge is 0.316 e. The third-order valence-electron chi connectivity index (χ3n) is 5.76. The summed E-state index contributed by atoms with van der Waals surface area (Å²) in [6.45, 7) is 0.116. The van der Waals surface area contributed by atoms with Crippen LogP contribution in [0, 0.1) is 5.92 Å². The van der Waals surface area contributed by atoms with E-state index in [0.29, 0.717) is 32.5 Å². The molecule has 170 valence electrons. The van der Waals surface area contributed by atoms with Gasteiger partial charge in [-0.2, -0.15) is 0 Å². The van der Waals surface area contributed by atoms with E-state index in [1.54, 1.807) is 42.5 Å². The Hall–Kier alpha value is -3.68. The Morgan fingerprint density at radius 3 is 2.18 bits per heavy atom. The number of imide groups is 1. The van der Waals surface area contributed by atoms with Gasteiger partial charge in [-0.15, -0.1) is 0 Å². The van der Waals surface area contributed by atoms with Crippen molar-refractivity contribution >= 4 is 58.3 Å². The Bertz CT molecular complexity index is 1320. The van der Waals surface area contributed by atoms with Crippen molar-refractivity contribution in [3.05, 3.63) is 87.9 Å². The number of fused-ring (bicyclic) bond motifs is 1. The van der Waals surface area contributed by atoms with Crippen LogP contribution in [0.25, 0.3) is 0 Å². The lowest BCUT2D eigenvalue weighted by atomic mass is 10.1. The lowest BCUT2D eigenvalue weighted by Gasteiger charge is -2.18. The molecule has 2 heterocycles. The molecule has 0 aromatic heterocycles. The van der Waals surface area contributed by atoms with Crippen LogP contribution < -0.4 is 14.5 Å². The van der Waals surface area contributed by atoms with Gasteiger partial charge in [0.15, 0.2) is 0 Å². The van der Waals surface area contributed by atoms with Crippen molar-refractivity contribution in [1.82, 2.24) is 0 Å². The highest BCUT2D eigenvalue weighted by Crippen LogP contribution is 2.34. The average molecular weight is 495 g/mol. The maximum atomic E-state index is 12.7. The first kappa shape index (κ1) is 22.1. The lowest BCUT2D eigenvalue weighted by molar-refractivity contribution is -0.139. The molecule has 0 saturated carbocycles. The fourth-order valence-corrected chi connectivity index (χ4v) is 4.46. The number of amides is 3. The highest BCUT2D eigenvalue weighted by atomic mass is 35.5. The van der Waals surface area contributed by atoms with Crippen LogP contribution in [0.1, 0.15) is 27.1 Å². The van der Waals surface area contributed by atoms with Crippen LogP contribution in [0.15, 0.2) is 66.7 Å². The van der Waals surface area contributed by atoms with Crippen LogP contribution in [-0.2, 0) is 9.59 Å². The van der Waals surface area contributed by atoms with Gasteiger partial charge in [0, 0.05) is 18.0 Å². The second-order valence-corrected chi connectivity index (χ2v) is 8.75. The predicted octanol–water partition coefficient (Wildman–Crippen LogP) is 4.75. The van der Waals surface area contributed by atoms with Crippen molar-refractivity contribution in [2.75, 3.05) is 16.3 Å². The van der Waals surface area contributed by atoms with Crippen molar-refractivity contribution in [3.63, 3.8) is 0 Å². The summed E-state index contributed by atoms with van der Waals surface area (Å²) >= 11 is 12.2. The van der Waals surface area contributed by atoms with Crippen molar-refractivity contribution in [3.8, 4) is 5.75 Å². The van der Waals surface area contributed by atoms with E-state index in [4.69, 9.17) is 27.9 Å². The molecule has 7 nitrogen and oxygen atoms in total. The van der Waals surface area contributed by atoms with Crippen molar-refractivity contribution in [2.24, 2.45) is 5.92 Å². The Morgan fingerprint density at radius 2 is 1.53 bits per heavy atom. The standard InChI is InChI=1S/C25H16Cl2N2O5/c26-15-5-10-20(27)21(12-15)28-13-14(11-22(28)30)25(33)34-17-8-6-16(7-9-17)29-23(31)18-3-1-2-4-19(18)24(29)32/h1-10,12,14H,11,13H2/t14-/m0/s1. The van der Waals surface area contributed by atoms with Gasteiger partial charge < -0.3 is 9.64 Å². The SMILES string of the molecule is O=C(Oc1ccc(N2C(=O)c3ccccc3C2=O)cc1)[C@H]1CC(=O)N(c2cc(Cl)ccc2Cl)C1. The number of hydrogen-bond acceptors (Lipinski definition) is 5. The summed E-state index contributed by atoms with van der Waals surface area (Å²) < 4.78 is 5.45. The van der Waals surface area contributed by atoms with Gasteiger partial charge in [0.2, 0.25) is 5.91 Å². The summed E-state index contributed by atoms with van der Waals surface area (Å²) in [5.74, 6) is -2.09. The first-order valence-electron chi connectivity index (χ1n) is 10.4. The van der Waals surface area contributed by atoms with E-state index in [1.165, 1.54) is 29.2 Å². The molecule has 0 spiro atoms. The van der Waals surface area contributed by atoms with E-state index in [1.807, 2.05) is 0 Å². The molecule has 1 atom stereocenters. The highest BCUT2D eigenvalue weighted by molar-refractivity contribution is 6.36. The number of esters is 1. The molecule has 0 aliphatic carbocycles. The van der Waals surface area contributed by atoms with E-state index in [9.17, 15) is 19.2 Å². The summed E-state index contributed by atoms with van der Waals surface area (Å²) in [6.07, 6.45) is -0.0190. The molecular weight excluding hydrogens is 479 g/mol. The highest BCUT2D eigenvalue weighted by Gasteiger charge is 2.38. The summed E-state index contributed by atoms with van der Waals surface area (Å²) in [5.41, 5.74) is 1.50. The van der Waals surface area contributed by atoms with Crippen molar-refractivity contribution in [2.45, 2.75) is 6.42 Å². The number of halogens is 2. The molecule has 3 aromatic carbocycles. The maximum absolute atomic E-state index is 12.7. The largest absolute Gasteiger partial charge is 0.426 e. The fourth-order valence-electron chi connectivity index (χ4n) is 4.08. The van der Waals surface area contributed by atoms with E-state index >= 15 is 0 Å². The molecular formula is C25H16Cl2N2O5. The summed E-state index contributed by atoms with van der Waals surface area (Å²) in [5, 5.41) is 0.784. The number of benzene rings is 3. The molecule has 0 radical (unpaired) electrons. The molecule has 9 heteroatoms. The predicted molar refractivity (Wildman–Crippen MR) is 127 cm³/mol. The third kappa shape index (κ3) is 3.83. The zero-order valence-electron chi connectivity index (χ0n) is 17.5. The molecule has 0 N–H and O–H groups in total. The minimum atomic E-state index is -0.682. The molecule has 2 aliphatic rings. The van der Waals surface area contributed by atoms with E-state index < -0.39 is 23.7 Å². The lowest BCUT2D eigenvalue weighted by Crippen LogP contribution is -2.29. The normalized spacial score (nSPS) is 17.4. The van der Waals surface area contributed by atoms with Gasteiger partial charge in [-0.1, -0.05) is 35.3 Å². The maximum Gasteiger partial charge on any atom is 0.316 e. The number of rotatable bonds is 4. The Labute approximate surface area is 204 Å².